The summed E-state index contributed by atoms with van der Waals surface area (Å²) < 4.78 is 0.972. The van der Waals surface area contributed by atoms with Crippen molar-refractivity contribution in [2.24, 2.45) is 5.73 Å². The molecule has 0 fully saturated rings. The minimum Gasteiger partial charge on any atom is -0.324 e. The Morgan fingerprint density at radius 3 is 2.55 bits per heavy atom. The van der Waals surface area contributed by atoms with E-state index in [1.807, 2.05) is 25.1 Å². The van der Waals surface area contributed by atoms with Gasteiger partial charge in [0.15, 0.2) is 0 Å². The van der Waals surface area contributed by atoms with Crippen LogP contribution in [0.5, 0.6) is 0 Å². The molecule has 11 heavy (non-hydrogen) atoms. The zero-order valence-electron chi connectivity index (χ0n) is 6.14. The summed E-state index contributed by atoms with van der Waals surface area (Å²) in [5.41, 5.74) is 6.67. The quantitative estimate of drug-likeness (QED) is 0.794. The van der Waals surface area contributed by atoms with Gasteiger partial charge in [0.2, 0.25) is 0 Å². The molecule has 0 aliphatic rings. The van der Waals surface area contributed by atoms with E-state index in [1.54, 1.807) is 0 Å². The van der Waals surface area contributed by atoms with E-state index in [9.17, 15) is 0 Å². The van der Waals surface area contributed by atoms with Crippen LogP contribution < -0.4 is 5.73 Å². The zero-order valence-corrected chi connectivity index (χ0v) is 8.48. The molecule has 0 heterocycles. The van der Waals surface area contributed by atoms with Gasteiger partial charge in [-0.15, -0.1) is 0 Å². The summed E-state index contributed by atoms with van der Waals surface area (Å²) in [7, 11) is 0. The fraction of sp³-hybridized carbons (Fsp3) is 0.250. The van der Waals surface area contributed by atoms with Crippen molar-refractivity contribution in [3.63, 3.8) is 0 Å². The monoisotopic (exact) mass is 233 g/mol. The molecular weight excluding hydrogens is 225 g/mol. The zero-order chi connectivity index (χ0) is 8.43. The van der Waals surface area contributed by atoms with Crippen LogP contribution in [0.3, 0.4) is 0 Å². The number of benzene rings is 1. The summed E-state index contributed by atoms with van der Waals surface area (Å²) >= 11 is 9.30. The number of hydrogen-bond donors (Lipinski definition) is 1. The Morgan fingerprint density at radius 1 is 1.55 bits per heavy atom. The third kappa shape index (κ3) is 1.95. The first-order valence-electron chi connectivity index (χ1n) is 3.32. The number of rotatable bonds is 1. The lowest BCUT2D eigenvalue weighted by molar-refractivity contribution is 0.813. The molecule has 1 aromatic rings. The Bertz CT molecular complexity index is 240. The van der Waals surface area contributed by atoms with Crippen molar-refractivity contribution in [3.05, 3.63) is 33.3 Å². The number of halogens is 2. The van der Waals surface area contributed by atoms with Gasteiger partial charge in [-0.05, 0) is 19.1 Å². The van der Waals surface area contributed by atoms with Crippen LogP contribution in [-0.4, -0.2) is 0 Å². The molecule has 0 aliphatic heterocycles. The first-order chi connectivity index (χ1) is 5.13. The van der Waals surface area contributed by atoms with Crippen molar-refractivity contribution in [2.45, 2.75) is 13.0 Å². The first-order valence-corrected chi connectivity index (χ1v) is 4.49. The Kier molecular flexibility index (Phi) is 2.93. The largest absolute Gasteiger partial charge is 0.324 e. The molecule has 2 N–H and O–H groups in total. The minimum absolute atomic E-state index is 0.0296. The van der Waals surface area contributed by atoms with Crippen LogP contribution in [0.2, 0.25) is 5.02 Å². The Labute approximate surface area is 79.7 Å². The maximum absolute atomic E-state index is 5.91. The van der Waals surface area contributed by atoms with Crippen molar-refractivity contribution in [1.82, 2.24) is 0 Å². The third-order valence-electron chi connectivity index (χ3n) is 1.46. The fourth-order valence-electron chi connectivity index (χ4n) is 0.946. The molecule has 1 atom stereocenters. The molecule has 0 bridgehead atoms. The maximum atomic E-state index is 5.91. The van der Waals surface area contributed by atoms with E-state index >= 15 is 0 Å². The van der Waals surface area contributed by atoms with Crippen LogP contribution in [0, 0.1) is 0 Å². The average molecular weight is 235 g/mol. The van der Waals surface area contributed by atoms with Gasteiger partial charge >= 0.3 is 0 Å². The van der Waals surface area contributed by atoms with Crippen molar-refractivity contribution in [1.29, 1.82) is 0 Å². The van der Waals surface area contributed by atoms with Crippen molar-refractivity contribution in [2.75, 3.05) is 0 Å². The van der Waals surface area contributed by atoms with E-state index in [4.69, 9.17) is 17.3 Å². The highest BCUT2D eigenvalue weighted by atomic mass is 79.9. The van der Waals surface area contributed by atoms with Gasteiger partial charge in [0.05, 0.1) is 0 Å². The van der Waals surface area contributed by atoms with E-state index in [1.165, 1.54) is 0 Å². The lowest BCUT2D eigenvalue weighted by atomic mass is 10.1. The normalized spacial score (nSPS) is 13.1. The fourth-order valence-corrected chi connectivity index (χ4v) is 2.13. The molecule has 3 heteroatoms. The van der Waals surface area contributed by atoms with Crippen molar-refractivity contribution < 1.29 is 0 Å². The molecule has 1 rings (SSSR count). The van der Waals surface area contributed by atoms with Crippen molar-refractivity contribution >= 4 is 27.5 Å². The molecule has 1 aromatic carbocycles. The molecule has 60 valence electrons. The maximum Gasteiger partial charge on any atom is 0.0464 e. The molecule has 0 saturated heterocycles. The van der Waals surface area contributed by atoms with Crippen LogP contribution in [0.1, 0.15) is 18.5 Å². The van der Waals surface area contributed by atoms with E-state index in [2.05, 4.69) is 15.9 Å². The molecule has 0 aliphatic carbocycles. The highest BCUT2D eigenvalue weighted by Crippen LogP contribution is 2.28. The van der Waals surface area contributed by atoms with Crippen LogP contribution in [0.15, 0.2) is 22.7 Å². The third-order valence-corrected chi connectivity index (χ3v) is 2.48. The second kappa shape index (κ2) is 3.57. The number of nitrogens with two attached hydrogens (primary N) is 1. The van der Waals surface area contributed by atoms with Crippen LogP contribution >= 0.6 is 27.5 Å². The van der Waals surface area contributed by atoms with Crippen LogP contribution in [0.25, 0.3) is 0 Å². The van der Waals surface area contributed by atoms with Gasteiger partial charge < -0.3 is 5.73 Å². The molecule has 0 saturated carbocycles. The number of hydrogen-bond acceptors (Lipinski definition) is 1. The standard InChI is InChI=1S/C8H9BrClN/c1-5(11)8-6(9)3-2-4-7(8)10/h2-5H,11H2,1H3/t5-/m0/s1. The van der Waals surface area contributed by atoms with E-state index < -0.39 is 0 Å². The second-order valence-corrected chi connectivity index (χ2v) is 3.69. The highest BCUT2D eigenvalue weighted by molar-refractivity contribution is 9.10. The lowest BCUT2D eigenvalue weighted by Gasteiger charge is -2.09. The highest BCUT2D eigenvalue weighted by Gasteiger charge is 2.07. The summed E-state index contributed by atoms with van der Waals surface area (Å²) in [5, 5.41) is 0.717. The summed E-state index contributed by atoms with van der Waals surface area (Å²) in [6.45, 7) is 1.91. The van der Waals surface area contributed by atoms with Gasteiger partial charge in [0.1, 0.15) is 0 Å². The summed E-state index contributed by atoms with van der Waals surface area (Å²) in [6.07, 6.45) is 0. The topological polar surface area (TPSA) is 26.0 Å². The molecule has 0 spiro atoms. The minimum atomic E-state index is -0.0296. The van der Waals surface area contributed by atoms with E-state index in [0.29, 0.717) is 0 Å². The van der Waals surface area contributed by atoms with E-state index in [-0.39, 0.29) is 6.04 Å². The molecule has 0 unspecified atom stereocenters. The first kappa shape index (κ1) is 9.04. The summed E-state index contributed by atoms with van der Waals surface area (Å²) in [4.78, 5) is 0. The van der Waals surface area contributed by atoms with Gasteiger partial charge in [-0.25, -0.2) is 0 Å². The summed E-state index contributed by atoms with van der Waals surface area (Å²) in [6, 6.07) is 5.63. The van der Waals surface area contributed by atoms with Crippen LogP contribution in [0.4, 0.5) is 0 Å². The molecule has 0 amide bonds. The van der Waals surface area contributed by atoms with Crippen LogP contribution in [-0.2, 0) is 0 Å². The summed E-state index contributed by atoms with van der Waals surface area (Å²) in [5.74, 6) is 0. The second-order valence-electron chi connectivity index (χ2n) is 2.42. The Morgan fingerprint density at radius 2 is 2.18 bits per heavy atom. The van der Waals surface area contributed by atoms with Gasteiger partial charge in [-0.3, -0.25) is 0 Å². The smallest absolute Gasteiger partial charge is 0.0464 e. The predicted octanol–water partition coefficient (Wildman–Crippen LogP) is 3.12. The van der Waals surface area contributed by atoms with Crippen molar-refractivity contribution in [3.8, 4) is 0 Å². The Balaban J connectivity index is 3.21. The molecular formula is C8H9BrClN. The van der Waals surface area contributed by atoms with E-state index in [0.717, 1.165) is 15.1 Å². The Hall–Kier alpha value is -0.0500. The average Bonchev–Trinajstić information content (AvgIpc) is 1.85. The van der Waals surface area contributed by atoms with Gasteiger partial charge in [0.25, 0.3) is 0 Å². The van der Waals surface area contributed by atoms with Gasteiger partial charge in [0, 0.05) is 21.1 Å². The SMILES string of the molecule is C[C@H](N)c1c(Cl)cccc1Br. The van der Waals surface area contributed by atoms with Gasteiger partial charge in [-0.2, -0.15) is 0 Å². The molecule has 0 radical (unpaired) electrons. The predicted molar refractivity (Wildman–Crippen MR) is 51.8 cm³/mol. The van der Waals surface area contributed by atoms with Gasteiger partial charge in [-0.1, -0.05) is 33.6 Å². The molecule has 0 aromatic heterocycles. The molecule has 1 nitrogen and oxygen atoms in total. The lowest BCUT2D eigenvalue weighted by Crippen LogP contribution is -2.06.